The Morgan fingerprint density at radius 3 is 2.71 bits per heavy atom. The molecule has 0 aliphatic heterocycles. The van der Waals surface area contributed by atoms with Crippen LogP contribution in [0, 0.1) is 18.3 Å². The molecule has 1 aromatic heterocycles. The van der Waals surface area contributed by atoms with E-state index in [0.717, 1.165) is 9.75 Å². The Balaban J connectivity index is 2.24. The largest absolute Gasteiger partial charge is 0.320 e. The topological polar surface area (TPSA) is 52.9 Å². The summed E-state index contributed by atoms with van der Waals surface area (Å²) in [5.74, 6) is -0.521. The molecule has 0 unspecified atom stereocenters. The molecule has 0 atom stereocenters. The van der Waals surface area contributed by atoms with Crippen LogP contribution in [0.2, 0.25) is 10.0 Å². The zero-order valence-corrected chi connectivity index (χ0v) is 13.3. The predicted octanol–water partition coefficient (Wildman–Crippen LogP) is 4.91. The molecule has 2 aromatic rings. The van der Waals surface area contributed by atoms with Crippen molar-refractivity contribution >= 4 is 52.2 Å². The number of halogens is 2. The van der Waals surface area contributed by atoms with Gasteiger partial charge < -0.3 is 5.32 Å². The number of hydrogen-bond acceptors (Lipinski definition) is 3. The Morgan fingerprint density at radius 2 is 2.10 bits per heavy atom. The van der Waals surface area contributed by atoms with Gasteiger partial charge in [0.05, 0.1) is 15.7 Å². The highest BCUT2D eigenvalue weighted by molar-refractivity contribution is 7.12. The minimum Gasteiger partial charge on any atom is -0.320 e. The molecule has 0 saturated carbocycles. The predicted molar refractivity (Wildman–Crippen MR) is 87.7 cm³/mol. The fraction of sp³-hybridized carbons (Fsp3) is 0.0667. The number of nitrogens with one attached hydrogen (secondary N) is 1. The van der Waals surface area contributed by atoms with Gasteiger partial charge in [-0.1, -0.05) is 29.3 Å². The van der Waals surface area contributed by atoms with Gasteiger partial charge in [-0.15, -0.1) is 11.3 Å². The van der Waals surface area contributed by atoms with Crippen LogP contribution in [0.4, 0.5) is 5.69 Å². The number of aryl methyl sites for hydroxylation is 1. The zero-order chi connectivity index (χ0) is 15.4. The molecule has 106 valence electrons. The zero-order valence-electron chi connectivity index (χ0n) is 11.0. The van der Waals surface area contributed by atoms with Crippen molar-refractivity contribution in [2.24, 2.45) is 0 Å². The number of carbonyl (C=O) groups excluding carboxylic acids is 1. The summed E-state index contributed by atoms with van der Waals surface area (Å²) in [6.45, 7) is 1.96. The van der Waals surface area contributed by atoms with Gasteiger partial charge in [-0.2, -0.15) is 5.26 Å². The number of carbonyl (C=O) groups is 1. The van der Waals surface area contributed by atoms with Crippen LogP contribution in [0.15, 0.2) is 35.9 Å². The minimum absolute atomic E-state index is 0.00731. The van der Waals surface area contributed by atoms with Crippen LogP contribution in [0.25, 0.3) is 6.08 Å². The molecule has 0 aliphatic rings. The van der Waals surface area contributed by atoms with Crippen molar-refractivity contribution < 1.29 is 4.79 Å². The summed E-state index contributed by atoms with van der Waals surface area (Å²) in [5, 5.41) is 12.3. The Hall–Kier alpha value is -1.80. The monoisotopic (exact) mass is 336 g/mol. The van der Waals surface area contributed by atoms with Crippen molar-refractivity contribution in [2.75, 3.05) is 5.32 Å². The van der Waals surface area contributed by atoms with Gasteiger partial charge in [0.15, 0.2) is 0 Å². The molecule has 0 spiro atoms. The van der Waals surface area contributed by atoms with Gasteiger partial charge in [0, 0.05) is 9.75 Å². The molecule has 2 rings (SSSR count). The van der Waals surface area contributed by atoms with Crippen LogP contribution in [0.3, 0.4) is 0 Å². The fourth-order valence-electron chi connectivity index (χ4n) is 1.61. The molecule has 0 radical (unpaired) electrons. The molecule has 1 amide bonds. The van der Waals surface area contributed by atoms with E-state index in [9.17, 15) is 4.79 Å². The quantitative estimate of drug-likeness (QED) is 0.639. The average Bonchev–Trinajstić information content (AvgIpc) is 2.86. The first kappa shape index (κ1) is 15.6. The summed E-state index contributed by atoms with van der Waals surface area (Å²) in [4.78, 5) is 14.1. The van der Waals surface area contributed by atoms with E-state index in [1.165, 1.54) is 11.3 Å². The van der Waals surface area contributed by atoms with Gasteiger partial charge >= 0.3 is 0 Å². The minimum atomic E-state index is -0.521. The van der Waals surface area contributed by atoms with Crippen LogP contribution < -0.4 is 5.32 Å². The van der Waals surface area contributed by atoms with Crippen LogP contribution >= 0.6 is 34.5 Å². The number of benzene rings is 1. The van der Waals surface area contributed by atoms with E-state index >= 15 is 0 Å². The Morgan fingerprint density at radius 1 is 1.33 bits per heavy atom. The molecule has 0 aliphatic carbocycles. The summed E-state index contributed by atoms with van der Waals surface area (Å²) in [5.41, 5.74) is 0.380. The average molecular weight is 337 g/mol. The van der Waals surface area contributed by atoms with Crippen LogP contribution in [-0.4, -0.2) is 5.91 Å². The summed E-state index contributed by atoms with van der Waals surface area (Å²) < 4.78 is 0. The highest BCUT2D eigenvalue weighted by Gasteiger charge is 2.13. The third-order valence-corrected chi connectivity index (χ3v) is 4.38. The molecule has 1 N–H and O–H groups in total. The second-order valence-electron chi connectivity index (χ2n) is 4.17. The van der Waals surface area contributed by atoms with Crippen LogP contribution in [0.5, 0.6) is 0 Å². The van der Waals surface area contributed by atoms with Gasteiger partial charge in [0.25, 0.3) is 5.91 Å². The van der Waals surface area contributed by atoms with E-state index in [4.69, 9.17) is 28.5 Å². The Bertz CT molecular complexity index is 759. The summed E-state index contributed by atoms with van der Waals surface area (Å²) >= 11 is 13.4. The van der Waals surface area contributed by atoms with Crippen molar-refractivity contribution in [3.05, 3.63) is 55.7 Å². The molecule has 3 nitrogen and oxygen atoms in total. The lowest BCUT2D eigenvalue weighted by molar-refractivity contribution is -0.112. The highest BCUT2D eigenvalue weighted by atomic mass is 35.5. The van der Waals surface area contributed by atoms with Crippen LogP contribution in [0.1, 0.15) is 9.75 Å². The SMILES string of the molecule is Cc1ccc(/C=C(/C#N)C(=O)Nc2cccc(Cl)c2Cl)s1. The molecule has 6 heteroatoms. The molecule has 0 saturated heterocycles. The van der Waals surface area contributed by atoms with Crippen molar-refractivity contribution in [1.82, 2.24) is 0 Å². The third kappa shape index (κ3) is 3.85. The number of rotatable bonds is 3. The van der Waals surface area contributed by atoms with E-state index in [1.54, 1.807) is 24.3 Å². The molecule has 0 bridgehead atoms. The first-order chi connectivity index (χ1) is 10.0. The first-order valence-corrected chi connectivity index (χ1v) is 7.52. The van der Waals surface area contributed by atoms with Gasteiger partial charge in [-0.05, 0) is 37.3 Å². The lowest BCUT2D eigenvalue weighted by Gasteiger charge is -2.07. The highest BCUT2D eigenvalue weighted by Crippen LogP contribution is 2.30. The van der Waals surface area contributed by atoms with Crippen molar-refractivity contribution in [3.8, 4) is 6.07 Å². The van der Waals surface area contributed by atoms with E-state index < -0.39 is 5.91 Å². The van der Waals surface area contributed by atoms with Crippen molar-refractivity contribution in [2.45, 2.75) is 6.92 Å². The molecular formula is C15H10Cl2N2OS. The van der Waals surface area contributed by atoms with Crippen LogP contribution in [-0.2, 0) is 4.79 Å². The normalized spacial score (nSPS) is 11.0. The lowest BCUT2D eigenvalue weighted by atomic mass is 10.2. The maximum atomic E-state index is 12.1. The van der Waals surface area contributed by atoms with Crippen molar-refractivity contribution in [3.63, 3.8) is 0 Å². The number of amides is 1. The smallest absolute Gasteiger partial charge is 0.266 e. The summed E-state index contributed by atoms with van der Waals surface area (Å²) in [6, 6.07) is 10.6. The maximum Gasteiger partial charge on any atom is 0.266 e. The summed E-state index contributed by atoms with van der Waals surface area (Å²) in [6.07, 6.45) is 1.55. The Labute approximate surface area is 136 Å². The Kier molecular flexibility index (Phi) is 5.03. The second-order valence-corrected chi connectivity index (χ2v) is 6.28. The van der Waals surface area contributed by atoms with Crippen molar-refractivity contribution in [1.29, 1.82) is 5.26 Å². The standard InChI is InChI=1S/C15H10Cl2N2OS/c1-9-5-6-11(21-9)7-10(8-18)15(20)19-13-4-2-3-12(16)14(13)17/h2-7H,1H3,(H,19,20)/b10-7-. The number of anilines is 1. The van der Waals surface area contributed by atoms with E-state index in [1.807, 2.05) is 25.1 Å². The second kappa shape index (κ2) is 6.77. The molecule has 0 fully saturated rings. The molecule has 1 aromatic carbocycles. The third-order valence-electron chi connectivity index (χ3n) is 2.61. The molecule has 1 heterocycles. The first-order valence-electron chi connectivity index (χ1n) is 5.95. The number of thiophene rings is 1. The number of nitriles is 1. The maximum absolute atomic E-state index is 12.1. The van der Waals surface area contributed by atoms with Gasteiger partial charge in [-0.3, -0.25) is 4.79 Å². The van der Waals surface area contributed by atoms with E-state index in [-0.39, 0.29) is 10.6 Å². The lowest BCUT2D eigenvalue weighted by Crippen LogP contribution is -2.13. The number of hydrogen-bond donors (Lipinski definition) is 1. The van der Waals surface area contributed by atoms with E-state index in [0.29, 0.717) is 10.7 Å². The van der Waals surface area contributed by atoms with E-state index in [2.05, 4.69) is 5.32 Å². The summed E-state index contributed by atoms with van der Waals surface area (Å²) in [7, 11) is 0. The van der Waals surface area contributed by atoms with Gasteiger partial charge in [0.1, 0.15) is 11.6 Å². The van der Waals surface area contributed by atoms with Gasteiger partial charge in [0.2, 0.25) is 0 Å². The number of nitrogens with zero attached hydrogens (tertiary/aromatic N) is 1. The molecule has 21 heavy (non-hydrogen) atoms. The van der Waals surface area contributed by atoms with Gasteiger partial charge in [-0.25, -0.2) is 0 Å². The fourth-order valence-corrected chi connectivity index (χ4v) is 2.78. The molecular weight excluding hydrogens is 327 g/mol.